The number of carbonyl (C=O) groups excluding carboxylic acids is 2. The molecule has 0 bridgehead atoms. The van der Waals surface area contributed by atoms with Crippen LogP contribution >= 0.6 is 7.82 Å². The molecule has 0 fully saturated rings. The average Bonchev–Trinajstić information content (AvgIpc) is 3.28. The Morgan fingerprint density at radius 1 is 0.359 bits per heavy atom. The lowest BCUT2D eigenvalue weighted by Gasteiger charge is -2.19. The van der Waals surface area contributed by atoms with Crippen molar-refractivity contribution in [1.29, 1.82) is 0 Å². The summed E-state index contributed by atoms with van der Waals surface area (Å²) in [6.45, 7) is 5.57. The maximum Gasteiger partial charge on any atom is 0.472 e. The second-order valence-electron chi connectivity index (χ2n) is 19.3. The number of hydrogen-bond acceptors (Lipinski definition) is 7. The van der Waals surface area contributed by atoms with E-state index in [0.717, 1.165) is 38.5 Å². The average molecular weight is 929 g/mol. The molecule has 0 amide bonds. The van der Waals surface area contributed by atoms with E-state index in [2.05, 4.69) is 13.8 Å². The molecule has 0 aliphatic heterocycles. The Morgan fingerprint density at radius 2 is 0.609 bits per heavy atom. The summed E-state index contributed by atoms with van der Waals surface area (Å²) in [5, 5.41) is 0. The third-order valence-electron chi connectivity index (χ3n) is 12.9. The number of esters is 2. The van der Waals surface area contributed by atoms with Gasteiger partial charge in [-0.25, -0.2) is 4.57 Å². The standard InChI is InChI=1S/C55H109O8P/c1-4-7-9-11-13-15-17-19-21-23-25-27-28-29-30-32-34-36-38-40-42-44-46-48-50-55(57)63-53(52-62-64(58,59)61-6-3)51-60-54(56)49-47-45-43-41-39-37-35-33-31-26-24-22-20-18-16-14-12-10-8-5-2/h53H,4-52H2,1-3H3,(H,58,59). The fraction of sp³-hybridized carbons (Fsp3) is 0.964. The van der Waals surface area contributed by atoms with Gasteiger partial charge in [-0.2, -0.15) is 0 Å². The van der Waals surface area contributed by atoms with Crippen LogP contribution in [0.3, 0.4) is 0 Å². The number of rotatable bonds is 54. The lowest BCUT2D eigenvalue weighted by molar-refractivity contribution is -0.161. The van der Waals surface area contributed by atoms with Gasteiger partial charge in [0, 0.05) is 12.8 Å². The predicted molar refractivity (Wildman–Crippen MR) is 272 cm³/mol. The molecular formula is C55H109O8P. The van der Waals surface area contributed by atoms with E-state index in [0.29, 0.717) is 6.42 Å². The van der Waals surface area contributed by atoms with E-state index < -0.39 is 19.9 Å². The van der Waals surface area contributed by atoms with Gasteiger partial charge in [0.05, 0.1) is 13.2 Å². The molecule has 0 radical (unpaired) electrons. The summed E-state index contributed by atoms with van der Waals surface area (Å²) in [5.41, 5.74) is 0. The molecule has 0 aromatic carbocycles. The first-order chi connectivity index (χ1) is 31.3. The van der Waals surface area contributed by atoms with Crippen LogP contribution in [-0.4, -0.2) is 42.8 Å². The van der Waals surface area contributed by atoms with Crippen molar-refractivity contribution in [1.82, 2.24) is 0 Å². The van der Waals surface area contributed by atoms with Gasteiger partial charge in [0.2, 0.25) is 0 Å². The van der Waals surface area contributed by atoms with Gasteiger partial charge in [-0.15, -0.1) is 0 Å². The highest BCUT2D eigenvalue weighted by molar-refractivity contribution is 7.47. The lowest BCUT2D eigenvalue weighted by atomic mass is 10.0. The first-order valence-corrected chi connectivity index (χ1v) is 29.8. The SMILES string of the molecule is CCCCCCCCCCCCCCCCCCCCCCCCCCC(=O)OC(COC(=O)CCCCCCCCCCCCCCCCCCCCCC)COP(=O)(O)OCC. The van der Waals surface area contributed by atoms with E-state index in [1.807, 2.05) is 0 Å². The van der Waals surface area contributed by atoms with E-state index in [1.54, 1.807) is 6.92 Å². The van der Waals surface area contributed by atoms with Crippen molar-refractivity contribution in [2.24, 2.45) is 0 Å². The highest BCUT2D eigenvalue weighted by Crippen LogP contribution is 2.43. The van der Waals surface area contributed by atoms with Crippen LogP contribution in [-0.2, 0) is 32.7 Å². The van der Waals surface area contributed by atoms with Crippen molar-refractivity contribution in [3.05, 3.63) is 0 Å². The molecule has 1 N–H and O–H groups in total. The van der Waals surface area contributed by atoms with Crippen LogP contribution in [0.1, 0.15) is 316 Å². The van der Waals surface area contributed by atoms with Gasteiger partial charge in [-0.05, 0) is 19.8 Å². The summed E-state index contributed by atoms with van der Waals surface area (Å²) in [7, 11) is -4.28. The molecule has 0 aromatic heterocycles. The topological polar surface area (TPSA) is 108 Å². The van der Waals surface area contributed by atoms with E-state index in [9.17, 15) is 19.0 Å². The van der Waals surface area contributed by atoms with Gasteiger partial charge in [0.1, 0.15) is 6.61 Å². The molecule has 0 rings (SSSR count). The van der Waals surface area contributed by atoms with Gasteiger partial charge in [-0.3, -0.25) is 18.6 Å². The number of phosphoric ester groups is 1. The molecule has 64 heavy (non-hydrogen) atoms. The van der Waals surface area contributed by atoms with Gasteiger partial charge >= 0.3 is 19.8 Å². The van der Waals surface area contributed by atoms with Crippen LogP contribution in [0, 0.1) is 0 Å². The Balaban J connectivity index is 3.86. The van der Waals surface area contributed by atoms with Crippen molar-refractivity contribution >= 4 is 19.8 Å². The zero-order valence-corrected chi connectivity index (χ0v) is 43.9. The molecule has 9 heteroatoms. The third kappa shape index (κ3) is 50.5. The Kier molecular flexibility index (Phi) is 50.7. The first kappa shape index (κ1) is 63.0. The smallest absolute Gasteiger partial charge is 0.462 e. The van der Waals surface area contributed by atoms with Crippen LogP contribution in [0.25, 0.3) is 0 Å². The lowest BCUT2D eigenvalue weighted by Crippen LogP contribution is -2.29. The summed E-state index contributed by atoms with van der Waals surface area (Å²) in [6, 6.07) is 0. The number of unbranched alkanes of at least 4 members (excludes halogenated alkanes) is 42. The number of hydrogen-bond donors (Lipinski definition) is 1. The monoisotopic (exact) mass is 929 g/mol. The Bertz CT molecular complexity index is 1010. The molecule has 0 saturated heterocycles. The molecule has 0 saturated carbocycles. The second-order valence-corrected chi connectivity index (χ2v) is 20.8. The third-order valence-corrected chi connectivity index (χ3v) is 14.0. The molecule has 0 aliphatic rings. The van der Waals surface area contributed by atoms with Crippen molar-refractivity contribution < 1.29 is 37.6 Å². The summed E-state index contributed by atoms with van der Waals surface area (Å²) >= 11 is 0. The minimum Gasteiger partial charge on any atom is -0.462 e. The fourth-order valence-corrected chi connectivity index (χ4v) is 9.51. The van der Waals surface area contributed by atoms with E-state index in [1.165, 1.54) is 244 Å². The highest BCUT2D eigenvalue weighted by Gasteiger charge is 2.25. The molecule has 0 aliphatic carbocycles. The molecule has 2 atom stereocenters. The Hall–Kier alpha value is -0.950. The van der Waals surface area contributed by atoms with E-state index in [4.69, 9.17) is 18.5 Å². The molecular weight excluding hydrogens is 820 g/mol. The van der Waals surface area contributed by atoms with Crippen LogP contribution in [0.4, 0.5) is 0 Å². The fourth-order valence-electron chi connectivity index (χ4n) is 8.75. The zero-order valence-electron chi connectivity index (χ0n) is 43.0. The number of carbonyl (C=O) groups is 2. The molecule has 0 heterocycles. The predicted octanol–water partition coefficient (Wildman–Crippen LogP) is 18.6. The minimum atomic E-state index is -4.28. The molecule has 0 aromatic rings. The van der Waals surface area contributed by atoms with Gasteiger partial charge in [-0.1, -0.05) is 284 Å². The summed E-state index contributed by atoms with van der Waals surface area (Å²) in [6.07, 6.45) is 57.5. The molecule has 382 valence electrons. The van der Waals surface area contributed by atoms with Crippen molar-refractivity contribution in [2.45, 2.75) is 322 Å². The maximum absolute atomic E-state index is 12.7. The zero-order chi connectivity index (χ0) is 46.7. The van der Waals surface area contributed by atoms with Crippen molar-refractivity contribution in [2.75, 3.05) is 19.8 Å². The van der Waals surface area contributed by atoms with Crippen LogP contribution in [0.5, 0.6) is 0 Å². The normalized spacial score (nSPS) is 13.0. The first-order valence-electron chi connectivity index (χ1n) is 28.3. The van der Waals surface area contributed by atoms with E-state index in [-0.39, 0.29) is 32.2 Å². The van der Waals surface area contributed by atoms with Gasteiger partial charge < -0.3 is 14.4 Å². The molecule has 0 spiro atoms. The molecule has 2 unspecified atom stereocenters. The number of phosphoric acid groups is 1. The number of ether oxygens (including phenoxy) is 2. The second kappa shape index (κ2) is 51.4. The Morgan fingerprint density at radius 3 is 0.875 bits per heavy atom. The minimum absolute atomic E-state index is 0.00621. The largest absolute Gasteiger partial charge is 0.472 e. The maximum atomic E-state index is 12.7. The van der Waals surface area contributed by atoms with Crippen LogP contribution in [0.15, 0.2) is 0 Å². The summed E-state index contributed by atoms with van der Waals surface area (Å²) in [5.74, 6) is -0.771. The summed E-state index contributed by atoms with van der Waals surface area (Å²) in [4.78, 5) is 35.0. The van der Waals surface area contributed by atoms with Gasteiger partial charge in [0.15, 0.2) is 6.10 Å². The van der Waals surface area contributed by atoms with Gasteiger partial charge in [0.25, 0.3) is 0 Å². The summed E-state index contributed by atoms with van der Waals surface area (Å²) < 4.78 is 32.9. The quantitative estimate of drug-likeness (QED) is 0.0365. The molecule has 8 nitrogen and oxygen atoms in total. The van der Waals surface area contributed by atoms with Crippen LogP contribution < -0.4 is 0 Å². The van der Waals surface area contributed by atoms with Crippen LogP contribution in [0.2, 0.25) is 0 Å². The van der Waals surface area contributed by atoms with Crippen molar-refractivity contribution in [3.8, 4) is 0 Å². The van der Waals surface area contributed by atoms with E-state index >= 15 is 0 Å². The highest BCUT2D eigenvalue weighted by atomic mass is 31.2. The van der Waals surface area contributed by atoms with Crippen molar-refractivity contribution in [3.63, 3.8) is 0 Å². The Labute approximate surface area is 398 Å².